The number of nitrogens with two attached hydrogens (primary N) is 1. The fourth-order valence-corrected chi connectivity index (χ4v) is 4.20. The first-order valence-electron chi connectivity index (χ1n) is 7.55. The first-order chi connectivity index (χ1) is 8.64. The van der Waals surface area contributed by atoms with Crippen molar-refractivity contribution in [1.29, 1.82) is 0 Å². The van der Waals surface area contributed by atoms with Gasteiger partial charge in [0.25, 0.3) is 0 Å². The molecule has 0 saturated heterocycles. The van der Waals surface area contributed by atoms with E-state index in [2.05, 4.69) is 20.8 Å². The van der Waals surface area contributed by atoms with Crippen molar-refractivity contribution in [3.05, 3.63) is 0 Å². The number of rotatable bonds is 5. The zero-order valence-corrected chi connectivity index (χ0v) is 13.9. The zero-order chi connectivity index (χ0) is 14.7. The van der Waals surface area contributed by atoms with Crippen molar-refractivity contribution in [2.24, 2.45) is 22.5 Å². The third-order valence-electron chi connectivity index (χ3n) is 5.09. The summed E-state index contributed by atoms with van der Waals surface area (Å²) in [5.41, 5.74) is 6.40. The fraction of sp³-hybridized carbons (Fsp3) is 1.00. The molecule has 3 nitrogen and oxygen atoms in total. The van der Waals surface area contributed by atoms with Crippen LogP contribution in [0, 0.1) is 16.7 Å². The Morgan fingerprint density at radius 2 is 1.74 bits per heavy atom. The molecule has 1 aliphatic carbocycles. The smallest absolute Gasteiger partial charge is 0.150 e. The Balaban J connectivity index is 2.61. The van der Waals surface area contributed by atoms with Gasteiger partial charge in [0.15, 0.2) is 0 Å². The van der Waals surface area contributed by atoms with Gasteiger partial charge in [0.1, 0.15) is 9.84 Å². The van der Waals surface area contributed by atoms with Crippen LogP contribution < -0.4 is 5.73 Å². The van der Waals surface area contributed by atoms with Gasteiger partial charge in [-0.15, -0.1) is 0 Å². The summed E-state index contributed by atoms with van der Waals surface area (Å²) in [5, 5.41) is 0. The topological polar surface area (TPSA) is 60.2 Å². The number of sulfone groups is 1. The van der Waals surface area contributed by atoms with Gasteiger partial charge < -0.3 is 5.73 Å². The monoisotopic (exact) mass is 289 g/mol. The van der Waals surface area contributed by atoms with E-state index >= 15 is 0 Å². The summed E-state index contributed by atoms with van der Waals surface area (Å²) >= 11 is 0. The van der Waals surface area contributed by atoms with Crippen LogP contribution in [0.15, 0.2) is 0 Å². The van der Waals surface area contributed by atoms with Gasteiger partial charge in [-0.1, -0.05) is 27.7 Å². The van der Waals surface area contributed by atoms with E-state index in [9.17, 15) is 8.42 Å². The summed E-state index contributed by atoms with van der Waals surface area (Å²) < 4.78 is 23.4. The molecule has 4 heteroatoms. The van der Waals surface area contributed by atoms with Crippen LogP contribution in [-0.2, 0) is 9.84 Å². The molecule has 0 bridgehead atoms. The van der Waals surface area contributed by atoms with Gasteiger partial charge in [-0.25, -0.2) is 8.42 Å². The molecule has 1 aliphatic rings. The predicted molar refractivity (Wildman–Crippen MR) is 81.8 cm³/mol. The lowest BCUT2D eigenvalue weighted by Gasteiger charge is -2.43. The van der Waals surface area contributed by atoms with Gasteiger partial charge in [0, 0.05) is 5.75 Å². The fourth-order valence-electron chi connectivity index (χ4n) is 3.17. The van der Waals surface area contributed by atoms with Crippen molar-refractivity contribution in [3.63, 3.8) is 0 Å². The molecule has 0 aromatic rings. The van der Waals surface area contributed by atoms with Crippen molar-refractivity contribution < 1.29 is 8.42 Å². The maximum atomic E-state index is 11.7. The SMILES string of the molecule is CCS(=O)(=O)CCC1(CN)CCC(C(C)(C)C)CC1. The lowest BCUT2D eigenvalue weighted by Crippen LogP contribution is -2.39. The minimum absolute atomic E-state index is 0.0734. The third-order valence-corrected chi connectivity index (χ3v) is 6.79. The maximum absolute atomic E-state index is 11.7. The Morgan fingerprint density at radius 3 is 2.11 bits per heavy atom. The van der Waals surface area contributed by atoms with Crippen molar-refractivity contribution in [2.45, 2.75) is 59.8 Å². The van der Waals surface area contributed by atoms with Crippen LogP contribution in [0.5, 0.6) is 0 Å². The molecule has 0 aliphatic heterocycles. The average molecular weight is 289 g/mol. The van der Waals surface area contributed by atoms with Crippen LogP contribution in [0.25, 0.3) is 0 Å². The first kappa shape index (κ1) is 17.0. The quantitative estimate of drug-likeness (QED) is 0.846. The van der Waals surface area contributed by atoms with Gasteiger partial charge >= 0.3 is 0 Å². The van der Waals surface area contributed by atoms with Gasteiger partial charge in [0.2, 0.25) is 0 Å². The summed E-state index contributed by atoms with van der Waals surface area (Å²) in [4.78, 5) is 0. The molecule has 0 unspecified atom stereocenters. The second-order valence-corrected chi connectivity index (χ2v) is 9.80. The molecule has 19 heavy (non-hydrogen) atoms. The molecule has 0 amide bonds. The summed E-state index contributed by atoms with van der Waals surface area (Å²) in [6, 6.07) is 0. The predicted octanol–water partition coefficient (Wildman–Crippen LogP) is 2.99. The van der Waals surface area contributed by atoms with Crippen LogP contribution in [0.1, 0.15) is 59.8 Å². The third kappa shape index (κ3) is 4.75. The molecule has 0 spiro atoms. The van der Waals surface area contributed by atoms with Crippen molar-refractivity contribution in [1.82, 2.24) is 0 Å². The Kier molecular flexibility index (Phi) is 5.47. The Morgan fingerprint density at radius 1 is 1.21 bits per heavy atom. The largest absolute Gasteiger partial charge is 0.330 e. The van der Waals surface area contributed by atoms with E-state index in [0.717, 1.165) is 25.2 Å². The first-order valence-corrected chi connectivity index (χ1v) is 9.37. The van der Waals surface area contributed by atoms with Gasteiger partial charge in [-0.3, -0.25) is 0 Å². The highest BCUT2D eigenvalue weighted by Gasteiger charge is 2.38. The van der Waals surface area contributed by atoms with E-state index in [1.165, 1.54) is 12.8 Å². The maximum Gasteiger partial charge on any atom is 0.150 e. The van der Waals surface area contributed by atoms with E-state index < -0.39 is 9.84 Å². The lowest BCUT2D eigenvalue weighted by molar-refractivity contribution is 0.0903. The van der Waals surface area contributed by atoms with Crippen LogP contribution >= 0.6 is 0 Å². The highest BCUT2D eigenvalue weighted by atomic mass is 32.2. The van der Waals surface area contributed by atoms with Crippen LogP contribution in [0.3, 0.4) is 0 Å². The van der Waals surface area contributed by atoms with Gasteiger partial charge in [0.05, 0.1) is 5.75 Å². The van der Waals surface area contributed by atoms with Crippen LogP contribution in [0.4, 0.5) is 0 Å². The van der Waals surface area contributed by atoms with Crippen molar-refractivity contribution >= 4 is 9.84 Å². The average Bonchev–Trinajstić information content (AvgIpc) is 2.36. The van der Waals surface area contributed by atoms with Gasteiger partial charge in [-0.2, -0.15) is 0 Å². The number of hydrogen-bond donors (Lipinski definition) is 1. The lowest BCUT2D eigenvalue weighted by atomic mass is 9.63. The molecule has 1 fully saturated rings. The molecule has 0 heterocycles. The second-order valence-electron chi connectivity index (χ2n) is 7.33. The van der Waals surface area contributed by atoms with E-state index in [-0.39, 0.29) is 11.2 Å². The zero-order valence-electron chi connectivity index (χ0n) is 13.0. The summed E-state index contributed by atoms with van der Waals surface area (Å²) in [6.07, 6.45) is 5.30. The molecule has 0 aromatic heterocycles. The van der Waals surface area contributed by atoms with Crippen LogP contribution in [0.2, 0.25) is 0 Å². The molecule has 0 radical (unpaired) electrons. The molecule has 0 atom stereocenters. The Hall–Kier alpha value is -0.0900. The minimum atomic E-state index is -2.86. The normalized spacial score (nSPS) is 29.4. The summed E-state index contributed by atoms with van der Waals surface area (Å²) in [5.74, 6) is 1.30. The van der Waals surface area contributed by atoms with Crippen molar-refractivity contribution in [3.8, 4) is 0 Å². The van der Waals surface area contributed by atoms with Gasteiger partial charge in [-0.05, 0) is 55.4 Å². The molecule has 2 N–H and O–H groups in total. The highest BCUT2D eigenvalue weighted by Crippen LogP contribution is 2.46. The summed E-state index contributed by atoms with van der Waals surface area (Å²) in [6.45, 7) is 9.25. The van der Waals surface area contributed by atoms with E-state index in [1.807, 2.05) is 0 Å². The Bertz CT molecular complexity index is 373. The minimum Gasteiger partial charge on any atom is -0.330 e. The molecular formula is C15H31NO2S. The highest BCUT2D eigenvalue weighted by molar-refractivity contribution is 7.91. The van der Waals surface area contributed by atoms with E-state index in [1.54, 1.807) is 6.92 Å². The van der Waals surface area contributed by atoms with E-state index in [0.29, 0.717) is 17.7 Å². The standard InChI is InChI=1S/C15H31NO2S/c1-5-19(17,18)11-10-15(12-16)8-6-13(7-9-15)14(2,3)4/h13H,5-12,16H2,1-4H3. The molecule has 1 rings (SSSR count). The van der Waals surface area contributed by atoms with Crippen molar-refractivity contribution in [2.75, 3.05) is 18.1 Å². The molecule has 114 valence electrons. The number of hydrogen-bond acceptors (Lipinski definition) is 3. The molecule has 1 saturated carbocycles. The Labute approximate surface area is 119 Å². The molecule has 0 aromatic carbocycles. The van der Waals surface area contributed by atoms with Crippen LogP contribution in [-0.4, -0.2) is 26.5 Å². The second kappa shape index (κ2) is 6.13. The molecular weight excluding hydrogens is 258 g/mol. The summed E-state index contributed by atoms with van der Waals surface area (Å²) in [7, 11) is -2.86. The van der Waals surface area contributed by atoms with E-state index in [4.69, 9.17) is 5.73 Å².